The molecule has 1 aromatic heterocycles. The van der Waals surface area contributed by atoms with E-state index in [1.54, 1.807) is 18.5 Å². The first-order chi connectivity index (χ1) is 20.2. The van der Waals surface area contributed by atoms with Crippen LogP contribution in [0.1, 0.15) is 45.4 Å². The summed E-state index contributed by atoms with van der Waals surface area (Å²) in [5.41, 5.74) is 0. The van der Waals surface area contributed by atoms with Gasteiger partial charge in [-0.05, 0) is 25.3 Å². The van der Waals surface area contributed by atoms with Crippen molar-refractivity contribution in [1.82, 2.24) is 19.8 Å². The molecule has 3 atom stereocenters. The largest absolute Gasteiger partial charge is 0.478 e. The first-order valence-electron chi connectivity index (χ1n) is 14.3. The van der Waals surface area contributed by atoms with Crippen LogP contribution in [0.25, 0.3) is 0 Å². The minimum absolute atomic E-state index is 0.127. The summed E-state index contributed by atoms with van der Waals surface area (Å²) < 4.78 is 5.84. The van der Waals surface area contributed by atoms with Gasteiger partial charge < -0.3 is 19.8 Å². The molecule has 2 aliphatic heterocycles. The third-order valence-electron chi connectivity index (χ3n) is 7.31. The number of amides is 2. The fraction of sp³-hybridized carbons (Fsp3) is 0.552. The molecule has 3 aliphatic rings. The molecule has 0 aromatic carbocycles. The molecule has 42 heavy (non-hydrogen) atoms. The van der Waals surface area contributed by atoms with E-state index >= 15 is 0 Å². The van der Waals surface area contributed by atoms with E-state index in [2.05, 4.69) is 26.7 Å². The molecule has 1 aromatic rings. The first kappa shape index (κ1) is 32.4. The summed E-state index contributed by atoms with van der Waals surface area (Å²) in [5.74, 6) is -2.85. The highest BCUT2D eigenvalue weighted by Crippen LogP contribution is 2.35. The van der Waals surface area contributed by atoms with Crippen LogP contribution < -0.4 is 4.90 Å². The van der Waals surface area contributed by atoms with E-state index in [0.717, 1.165) is 45.4 Å². The lowest BCUT2D eigenvalue weighted by atomic mass is 9.85. The number of carboxylic acid groups (broad SMARTS) is 2. The van der Waals surface area contributed by atoms with Gasteiger partial charge in [-0.3, -0.25) is 24.2 Å². The van der Waals surface area contributed by atoms with Gasteiger partial charge in [-0.2, -0.15) is 0 Å². The Hall–Kier alpha value is -4.13. The number of allylic oxidation sites excluding steroid dienone is 2. The van der Waals surface area contributed by atoms with Crippen LogP contribution in [0, 0.1) is 11.8 Å². The SMILES string of the molecule is CCCCCC(=O)OC(CN1CCN(c2ncccn2)CC1)CN1C(=O)[C@H]2CC=CC[C@H]2C1=O.O=C(O)/C=C\C(=O)O. The van der Waals surface area contributed by atoms with Crippen LogP contribution in [-0.4, -0.2) is 105 Å². The van der Waals surface area contributed by atoms with Gasteiger partial charge in [0.05, 0.1) is 18.4 Å². The standard InChI is InChI=1S/C25H35N5O4.C4H4O4/c1-2-3-4-10-22(31)34-19(18-30-23(32)20-8-5-6-9-21(20)24(30)33)17-28-13-15-29(16-14-28)25-26-11-7-12-27-25;5-3(6)1-2-4(7)8/h5-7,11-12,19-21H,2-4,8-10,13-18H2,1H3;1-2H,(H,5,6)(H,7,8)/b;2-1-/t19?,20-,21+;. The summed E-state index contributed by atoms with van der Waals surface area (Å²) >= 11 is 0. The Morgan fingerprint density at radius 2 is 1.50 bits per heavy atom. The van der Waals surface area contributed by atoms with E-state index < -0.39 is 18.0 Å². The summed E-state index contributed by atoms with van der Waals surface area (Å²) in [4.78, 5) is 71.9. The minimum Gasteiger partial charge on any atom is -0.478 e. The van der Waals surface area contributed by atoms with Gasteiger partial charge >= 0.3 is 17.9 Å². The number of rotatable bonds is 12. The molecule has 0 radical (unpaired) electrons. The Morgan fingerprint density at radius 1 is 0.929 bits per heavy atom. The molecule has 228 valence electrons. The number of unbranched alkanes of at least 4 members (excludes halogenated alkanes) is 2. The van der Waals surface area contributed by atoms with Crippen molar-refractivity contribution in [3.63, 3.8) is 0 Å². The molecule has 4 rings (SSSR count). The van der Waals surface area contributed by atoms with Gasteiger partial charge in [-0.15, -0.1) is 0 Å². The third kappa shape index (κ3) is 9.75. The first-order valence-corrected chi connectivity index (χ1v) is 14.3. The number of ether oxygens (including phenoxy) is 1. The van der Waals surface area contributed by atoms with Crippen molar-refractivity contribution in [3.05, 3.63) is 42.8 Å². The van der Waals surface area contributed by atoms with E-state index in [1.807, 2.05) is 12.2 Å². The van der Waals surface area contributed by atoms with Gasteiger partial charge in [-0.1, -0.05) is 31.9 Å². The molecule has 2 amide bonds. The minimum atomic E-state index is -1.26. The number of aliphatic carboxylic acids is 2. The zero-order valence-electron chi connectivity index (χ0n) is 23.8. The van der Waals surface area contributed by atoms with Gasteiger partial charge in [0.15, 0.2) is 0 Å². The Morgan fingerprint density at radius 3 is 2.02 bits per heavy atom. The predicted octanol–water partition coefficient (Wildman–Crippen LogP) is 1.75. The summed E-state index contributed by atoms with van der Waals surface area (Å²) in [7, 11) is 0. The van der Waals surface area contributed by atoms with E-state index in [1.165, 1.54) is 4.90 Å². The Kier molecular flexibility index (Phi) is 12.6. The molecule has 0 saturated carbocycles. The number of carboxylic acids is 2. The van der Waals surface area contributed by atoms with Crippen LogP contribution >= 0.6 is 0 Å². The fourth-order valence-corrected chi connectivity index (χ4v) is 5.16. The lowest BCUT2D eigenvalue weighted by Gasteiger charge is -2.36. The second kappa shape index (κ2) is 16.3. The fourth-order valence-electron chi connectivity index (χ4n) is 5.16. The van der Waals surface area contributed by atoms with E-state index in [4.69, 9.17) is 14.9 Å². The maximum atomic E-state index is 13.0. The van der Waals surface area contributed by atoms with Crippen molar-refractivity contribution in [2.75, 3.05) is 44.2 Å². The lowest BCUT2D eigenvalue weighted by molar-refractivity contribution is -0.155. The van der Waals surface area contributed by atoms with Gasteiger partial charge in [0.2, 0.25) is 17.8 Å². The van der Waals surface area contributed by atoms with Crippen molar-refractivity contribution < 1.29 is 38.9 Å². The molecule has 2 saturated heterocycles. The molecule has 13 heteroatoms. The maximum Gasteiger partial charge on any atom is 0.328 e. The van der Waals surface area contributed by atoms with Crippen LogP contribution in [0.2, 0.25) is 0 Å². The number of hydrogen-bond donors (Lipinski definition) is 2. The van der Waals surface area contributed by atoms with E-state index in [0.29, 0.717) is 43.9 Å². The Labute approximate surface area is 244 Å². The number of anilines is 1. The predicted molar refractivity (Wildman–Crippen MR) is 151 cm³/mol. The van der Waals surface area contributed by atoms with E-state index in [9.17, 15) is 24.0 Å². The second-order valence-corrected chi connectivity index (χ2v) is 10.4. The van der Waals surface area contributed by atoms with Gasteiger partial charge in [-0.25, -0.2) is 19.6 Å². The van der Waals surface area contributed by atoms with Gasteiger partial charge in [0.1, 0.15) is 6.10 Å². The highest BCUT2D eigenvalue weighted by molar-refractivity contribution is 6.05. The summed E-state index contributed by atoms with van der Waals surface area (Å²) in [6, 6.07) is 1.80. The summed E-state index contributed by atoms with van der Waals surface area (Å²) in [6.07, 6.45) is 12.4. The molecule has 0 bridgehead atoms. The smallest absolute Gasteiger partial charge is 0.328 e. The van der Waals surface area contributed by atoms with E-state index in [-0.39, 0.29) is 36.2 Å². The van der Waals surface area contributed by atoms with Crippen molar-refractivity contribution in [3.8, 4) is 0 Å². The van der Waals surface area contributed by atoms with Crippen molar-refractivity contribution in [2.45, 2.75) is 51.6 Å². The molecular formula is C29H39N5O8. The molecule has 1 aliphatic carbocycles. The number of likely N-dealkylation sites (tertiary alicyclic amines) is 1. The summed E-state index contributed by atoms with van der Waals surface area (Å²) in [6.45, 7) is 5.77. The Balaban J connectivity index is 0.000000531. The molecule has 13 nitrogen and oxygen atoms in total. The summed E-state index contributed by atoms with van der Waals surface area (Å²) in [5, 5.41) is 15.6. The third-order valence-corrected chi connectivity index (χ3v) is 7.31. The van der Waals surface area contributed by atoms with Crippen molar-refractivity contribution in [1.29, 1.82) is 0 Å². The maximum absolute atomic E-state index is 13.0. The number of imide groups is 1. The molecule has 2 N–H and O–H groups in total. The van der Waals surface area contributed by atoms with Crippen LogP contribution in [0.15, 0.2) is 42.8 Å². The molecule has 3 heterocycles. The quantitative estimate of drug-likeness (QED) is 0.120. The Bertz CT molecular complexity index is 1110. The number of esters is 1. The average molecular weight is 586 g/mol. The normalized spacial score (nSPS) is 21.1. The number of fused-ring (bicyclic) bond motifs is 1. The topological polar surface area (TPSA) is 171 Å². The highest BCUT2D eigenvalue weighted by atomic mass is 16.5. The zero-order valence-corrected chi connectivity index (χ0v) is 23.8. The van der Waals surface area contributed by atoms with Crippen LogP contribution in [0.4, 0.5) is 5.95 Å². The number of carbonyl (C=O) groups is 5. The number of nitrogens with zero attached hydrogens (tertiary/aromatic N) is 5. The van der Waals surface area contributed by atoms with Crippen molar-refractivity contribution in [2.24, 2.45) is 11.8 Å². The second-order valence-electron chi connectivity index (χ2n) is 10.4. The highest BCUT2D eigenvalue weighted by Gasteiger charge is 2.48. The van der Waals surface area contributed by atoms with Crippen LogP contribution in [-0.2, 0) is 28.7 Å². The van der Waals surface area contributed by atoms with Crippen LogP contribution in [0.3, 0.4) is 0 Å². The molecule has 1 unspecified atom stereocenters. The average Bonchev–Trinajstić information content (AvgIpc) is 3.22. The number of carbonyl (C=O) groups excluding carboxylic acids is 3. The zero-order chi connectivity index (χ0) is 30.5. The van der Waals surface area contributed by atoms with Gasteiger partial charge in [0.25, 0.3) is 0 Å². The monoisotopic (exact) mass is 585 g/mol. The molecule has 0 spiro atoms. The number of hydrogen-bond acceptors (Lipinski definition) is 10. The van der Waals surface area contributed by atoms with Crippen molar-refractivity contribution >= 4 is 35.7 Å². The molecule has 2 fully saturated rings. The number of aromatic nitrogens is 2. The number of piperazine rings is 1. The van der Waals surface area contributed by atoms with Gasteiger partial charge in [0, 0.05) is 63.7 Å². The lowest BCUT2D eigenvalue weighted by Crippen LogP contribution is -2.51. The molecular weight excluding hydrogens is 546 g/mol. The van der Waals surface area contributed by atoms with Crippen LogP contribution in [0.5, 0.6) is 0 Å².